The molecule has 0 spiro atoms. The number of hydrogen-bond donors (Lipinski definition) is 1. The van der Waals surface area contributed by atoms with Crippen LogP contribution in [0.2, 0.25) is 20.1 Å². The van der Waals surface area contributed by atoms with E-state index in [0.29, 0.717) is 43.0 Å². The lowest BCUT2D eigenvalue weighted by Gasteiger charge is -2.08. The Morgan fingerprint density at radius 1 is 0.839 bits per heavy atom. The number of aromatic nitrogens is 3. The summed E-state index contributed by atoms with van der Waals surface area (Å²) in [6.45, 7) is 0.125. The molecule has 1 N–H and O–H groups in total. The fraction of sp³-hybridized carbons (Fsp3) is 0.0455. The Morgan fingerprint density at radius 3 is 2.10 bits per heavy atom. The predicted octanol–water partition coefficient (Wildman–Crippen LogP) is 6.48. The number of hydrogen-bond acceptors (Lipinski definition) is 3. The lowest BCUT2D eigenvalue weighted by Crippen LogP contribution is -2.23. The molecule has 0 saturated carbocycles. The zero-order chi connectivity index (χ0) is 22.0. The van der Waals surface area contributed by atoms with Gasteiger partial charge in [-0.2, -0.15) is 0 Å². The van der Waals surface area contributed by atoms with Crippen LogP contribution >= 0.6 is 46.4 Å². The zero-order valence-corrected chi connectivity index (χ0v) is 18.8. The second-order valence-electron chi connectivity index (χ2n) is 6.56. The maximum atomic E-state index is 12.4. The molecule has 5 nitrogen and oxygen atoms in total. The number of nitrogens with one attached hydrogen (secondary N) is 1. The molecule has 1 heterocycles. The highest BCUT2D eigenvalue weighted by Crippen LogP contribution is 2.29. The third-order valence-electron chi connectivity index (χ3n) is 4.40. The first kappa shape index (κ1) is 21.7. The molecular weight excluding hydrogens is 478 g/mol. The van der Waals surface area contributed by atoms with Crippen LogP contribution in [0.3, 0.4) is 0 Å². The molecule has 0 aliphatic rings. The summed E-state index contributed by atoms with van der Waals surface area (Å²) >= 11 is 24.3. The van der Waals surface area contributed by atoms with Crippen LogP contribution in [0.1, 0.15) is 16.2 Å². The Balaban J connectivity index is 1.66. The number of carbonyl (C=O) groups excluding carboxylic acids is 1. The van der Waals surface area contributed by atoms with Crippen molar-refractivity contribution in [3.8, 4) is 17.1 Å². The highest BCUT2D eigenvalue weighted by Gasteiger charge is 2.17. The molecule has 0 saturated heterocycles. The normalized spacial score (nSPS) is 10.8. The maximum Gasteiger partial charge on any atom is 0.251 e. The van der Waals surface area contributed by atoms with Gasteiger partial charge in [-0.15, -0.1) is 5.10 Å². The van der Waals surface area contributed by atoms with Gasteiger partial charge in [-0.3, -0.25) is 4.79 Å². The van der Waals surface area contributed by atoms with Gasteiger partial charge in [0, 0.05) is 26.2 Å². The van der Waals surface area contributed by atoms with Crippen molar-refractivity contribution in [1.82, 2.24) is 20.1 Å². The average Bonchev–Trinajstić information content (AvgIpc) is 3.17. The van der Waals surface area contributed by atoms with Crippen LogP contribution in [0.15, 0.2) is 66.7 Å². The molecule has 9 heteroatoms. The van der Waals surface area contributed by atoms with Crippen molar-refractivity contribution >= 4 is 52.3 Å². The minimum absolute atomic E-state index is 0.125. The lowest BCUT2D eigenvalue weighted by molar-refractivity contribution is 0.0950. The van der Waals surface area contributed by atoms with Crippen LogP contribution in [0.5, 0.6) is 0 Å². The molecule has 0 radical (unpaired) electrons. The Bertz CT molecular complexity index is 1240. The van der Waals surface area contributed by atoms with E-state index in [2.05, 4.69) is 15.4 Å². The summed E-state index contributed by atoms with van der Waals surface area (Å²) in [5, 5.41) is 9.47. The van der Waals surface area contributed by atoms with E-state index in [1.54, 1.807) is 59.3 Å². The fourth-order valence-electron chi connectivity index (χ4n) is 2.90. The van der Waals surface area contributed by atoms with Gasteiger partial charge in [-0.1, -0.05) is 46.4 Å². The molecular formula is C22H14Cl4N4O. The van der Waals surface area contributed by atoms with Gasteiger partial charge in [0.05, 0.1) is 17.3 Å². The minimum Gasteiger partial charge on any atom is -0.345 e. The molecule has 3 aromatic carbocycles. The fourth-order valence-corrected chi connectivity index (χ4v) is 3.64. The van der Waals surface area contributed by atoms with Crippen LogP contribution in [0.4, 0.5) is 0 Å². The molecule has 0 unspecified atom stereocenters. The first-order chi connectivity index (χ1) is 14.9. The van der Waals surface area contributed by atoms with E-state index in [1.807, 2.05) is 12.1 Å². The molecule has 31 heavy (non-hydrogen) atoms. The molecule has 0 aliphatic heterocycles. The largest absolute Gasteiger partial charge is 0.345 e. The summed E-state index contributed by atoms with van der Waals surface area (Å²) in [5.74, 6) is 0.709. The van der Waals surface area contributed by atoms with Gasteiger partial charge in [0.25, 0.3) is 5.91 Å². The van der Waals surface area contributed by atoms with Gasteiger partial charge < -0.3 is 5.32 Å². The van der Waals surface area contributed by atoms with Crippen LogP contribution in [-0.4, -0.2) is 20.7 Å². The van der Waals surface area contributed by atoms with E-state index in [9.17, 15) is 4.79 Å². The Kier molecular flexibility index (Phi) is 6.49. The van der Waals surface area contributed by atoms with Crippen molar-refractivity contribution in [3.63, 3.8) is 0 Å². The van der Waals surface area contributed by atoms with E-state index in [4.69, 9.17) is 46.4 Å². The highest BCUT2D eigenvalue weighted by molar-refractivity contribution is 6.35. The van der Waals surface area contributed by atoms with Gasteiger partial charge in [-0.05, 0) is 66.7 Å². The molecule has 4 rings (SSSR count). The Labute approximate surface area is 198 Å². The van der Waals surface area contributed by atoms with Gasteiger partial charge in [-0.25, -0.2) is 9.67 Å². The second kappa shape index (κ2) is 9.28. The first-order valence-electron chi connectivity index (χ1n) is 9.12. The van der Waals surface area contributed by atoms with Gasteiger partial charge >= 0.3 is 0 Å². The van der Waals surface area contributed by atoms with Crippen LogP contribution in [-0.2, 0) is 6.54 Å². The molecule has 0 aliphatic carbocycles. The molecule has 4 aromatic rings. The predicted molar refractivity (Wildman–Crippen MR) is 124 cm³/mol. The number of nitrogens with zero attached hydrogens (tertiary/aromatic N) is 3. The summed E-state index contributed by atoms with van der Waals surface area (Å²) in [6.07, 6.45) is 0. The van der Waals surface area contributed by atoms with E-state index < -0.39 is 0 Å². The number of halogens is 4. The van der Waals surface area contributed by atoms with Crippen molar-refractivity contribution in [1.29, 1.82) is 0 Å². The molecule has 0 atom stereocenters. The van der Waals surface area contributed by atoms with Gasteiger partial charge in [0.1, 0.15) is 0 Å². The van der Waals surface area contributed by atoms with Crippen molar-refractivity contribution in [2.45, 2.75) is 6.54 Å². The summed E-state index contributed by atoms with van der Waals surface area (Å²) in [5.41, 5.74) is 1.89. The van der Waals surface area contributed by atoms with Gasteiger partial charge in [0.2, 0.25) is 0 Å². The third-order valence-corrected chi connectivity index (χ3v) is 5.45. The van der Waals surface area contributed by atoms with E-state index in [1.165, 1.54) is 0 Å². The van der Waals surface area contributed by atoms with Gasteiger partial charge in [0.15, 0.2) is 11.6 Å². The molecule has 0 bridgehead atoms. The highest BCUT2D eigenvalue weighted by atomic mass is 35.5. The summed E-state index contributed by atoms with van der Waals surface area (Å²) in [6, 6.07) is 18.9. The van der Waals surface area contributed by atoms with E-state index in [-0.39, 0.29) is 12.5 Å². The Hall–Kier alpha value is -2.57. The number of amides is 1. The quantitative estimate of drug-likeness (QED) is 0.347. The first-order valence-corrected chi connectivity index (χ1v) is 10.6. The molecule has 0 fully saturated rings. The third kappa shape index (κ3) is 5.02. The summed E-state index contributed by atoms with van der Waals surface area (Å²) in [7, 11) is 0. The number of rotatable bonds is 5. The lowest BCUT2D eigenvalue weighted by atomic mass is 10.2. The minimum atomic E-state index is -0.259. The number of carbonyl (C=O) groups is 1. The topological polar surface area (TPSA) is 59.8 Å². The number of benzene rings is 3. The van der Waals surface area contributed by atoms with E-state index in [0.717, 1.165) is 5.56 Å². The van der Waals surface area contributed by atoms with Crippen molar-refractivity contribution < 1.29 is 4.79 Å². The van der Waals surface area contributed by atoms with Crippen molar-refractivity contribution in [2.75, 3.05) is 0 Å². The van der Waals surface area contributed by atoms with Crippen molar-refractivity contribution in [2.24, 2.45) is 0 Å². The maximum absolute atomic E-state index is 12.4. The van der Waals surface area contributed by atoms with Crippen LogP contribution < -0.4 is 5.32 Å². The summed E-state index contributed by atoms with van der Waals surface area (Å²) < 4.78 is 1.62. The van der Waals surface area contributed by atoms with Crippen molar-refractivity contribution in [3.05, 3.63) is 98.2 Å². The Morgan fingerprint density at radius 2 is 1.45 bits per heavy atom. The van der Waals surface area contributed by atoms with E-state index >= 15 is 0 Å². The summed E-state index contributed by atoms with van der Waals surface area (Å²) in [4.78, 5) is 17.0. The monoisotopic (exact) mass is 490 g/mol. The molecule has 156 valence electrons. The zero-order valence-electron chi connectivity index (χ0n) is 15.8. The van der Waals surface area contributed by atoms with Crippen LogP contribution in [0.25, 0.3) is 17.1 Å². The molecule has 1 amide bonds. The SMILES string of the molecule is O=C(NCc1nc(-c2ccc(Cl)cc2)n(-c2ccc(Cl)cc2Cl)n1)c1ccc(Cl)cc1. The molecule has 1 aromatic heterocycles. The van der Waals surface area contributed by atoms with Crippen LogP contribution in [0, 0.1) is 0 Å². The smallest absolute Gasteiger partial charge is 0.251 e. The standard InChI is InChI=1S/C22H14Cl4N4O/c23-15-5-1-13(2-6-15)21-28-20(12-27-22(31)14-3-7-16(24)8-4-14)29-30(21)19-10-9-17(25)11-18(19)26/h1-11H,12H2,(H,27,31). The second-order valence-corrected chi connectivity index (χ2v) is 8.27. The average molecular weight is 492 g/mol.